The Morgan fingerprint density at radius 3 is 2.63 bits per heavy atom. The molecule has 0 aliphatic carbocycles. The van der Waals surface area contributed by atoms with Crippen LogP contribution in [-0.2, 0) is 20.4 Å². The van der Waals surface area contributed by atoms with Crippen LogP contribution in [0.4, 0.5) is 15.8 Å². The highest BCUT2D eigenvalue weighted by molar-refractivity contribution is 7.90. The molecule has 0 saturated heterocycles. The Balaban J connectivity index is 1.66. The summed E-state index contributed by atoms with van der Waals surface area (Å²) in [5.74, 6) is -2.66. The van der Waals surface area contributed by atoms with Crippen LogP contribution < -0.4 is 10.6 Å². The molecule has 0 spiro atoms. The van der Waals surface area contributed by atoms with E-state index >= 15 is 0 Å². The standard InChI is InChI=1S/C28H30FN5O6S/c1-5-33(4)12-11-30-28(36)26-16(2)24(31-17(26)3)14-20-19-13-18(9-10-23(19)32-27(20)35)41(39,40)15-21-22(29)7-6-8-25(21)34(37)38/h6-10,13-14,31H,5,11-12,15H2,1-4H3,(H,30,36)(H,32,35)/b20-14-. The zero-order valence-electron chi connectivity index (χ0n) is 23.0. The molecule has 0 bridgehead atoms. The molecule has 1 aliphatic rings. The molecule has 216 valence electrons. The molecule has 4 rings (SSSR count). The van der Waals surface area contributed by atoms with Crippen molar-refractivity contribution in [1.82, 2.24) is 15.2 Å². The molecule has 2 aromatic carbocycles. The van der Waals surface area contributed by atoms with Gasteiger partial charge in [-0.1, -0.05) is 13.0 Å². The van der Waals surface area contributed by atoms with Gasteiger partial charge in [-0.2, -0.15) is 0 Å². The summed E-state index contributed by atoms with van der Waals surface area (Å²) in [4.78, 5) is 41.2. The third-order valence-corrected chi connectivity index (χ3v) is 8.71. The number of fused-ring (bicyclic) bond motifs is 1. The predicted octanol–water partition coefficient (Wildman–Crippen LogP) is 3.83. The van der Waals surface area contributed by atoms with E-state index in [0.29, 0.717) is 46.9 Å². The van der Waals surface area contributed by atoms with Crippen molar-refractivity contribution in [3.05, 3.63) is 86.0 Å². The minimum atomic E-state index is -4.24. The van der Waals surface area contributed by atoms with E-state index in [9.17, 15) is 32.5 Å². The number of aromatic nitrogens is 1. The van der Waals surface area contributed by atoms with Crippen LogP contribution in [0.3, 0.4) is 0 Å². The van der Waals surface area contributed by atoms with Gasteiger partial charge in [-0.25, -0.2) is 12.8 Å². The van der Waals surface area contributed by atoms with Gasteiger partial charge >= 0.3 is 0 Å². The number of nitro benzene ring substituents is 1. The first-order chi connectivity index (χ1) is 19.3. The van der Waals surface area contributed by atoms with Gasteiger partial charge in [0.05, 0.1) is 32.3 Å². The van der Waals surface area contributed by atoms with E-state index < -0.39 is 43.5 Å². The van der Waals surface area contributed by atoms with Crippen molar-refractivity contribution >= 4 is 44.7 Å². The second kappa shape index (κ2) is 11.6. The van der Waals surface area contributed by atoms with Crippen LogP contribution in [-0.4, -0.2) is 61.7 Å². The number of likely N-dealkylation sites (N-methyl/N-ethyl adjacent to an activating group) is 1. The molecule has 3 aromatic rings. The number of aryl methyl sites for hydroxylation is 1. The highest BCUT2D eigenvalue weighted by atomic mass is 32.2. The number of nitro groups is 1. The van der Waals surface area contributed by atoms with E-state index in [1.165, 1.54) is 18.2 Å². The quantitative estimate of drug-likeness (QED) is 0.186. The summed E-state index contributed by atoms with van der Waals surface area (Å²) in [6, 6.07) is 7.09. The lowest BCUT2D eigenvalue weighted by atomic mass is 10.0. The monoisotopic (exact) mass is 583 g/mol. The van der Waals surface area contributed by atoms with Crippen molar-refractivity contribution in [3.63, 3.8) is 0 Å². The molecular weight excluding hydrogens is 553 g/mol. The fourth-order valence-corrected chi connectivity index (χ4v) is 6.05. The Labute approximate surface area is 236 Å². The van der Waals surface area contributed by atoms with E-state index in [2.05, 4.69) is 20.5 Å². The first-order valence-corrected chi connectivity index (χ1v) is 14.5. The van der Waals surface area contributed by atoms with Crippen LogP contribution in [0.25, 0.3) is 11.6 Å². The molecule has 2 heterocycles. The zero-order valence-corrected chi connectivity index (χ0v) is 23.8. The fourth-order valence-electron chi connectivity index (χ4n) is 4.65. The Kier molecular flexibility index (Phi) is 8.40. The highest BCUT2D eigenvalue weighted by Crippen LogP contribution is 2.36. The maximum Gasteiger partial charge on any atom is 0.276 e. The molecule has 0 radical (unpaired) electrons. The van der Waals surface area contributed by atoms with Gasteiger partial charge in [0.1, 0.15) is 5.82 Å². The number of amides is 2. The lowest BCUT2D eigenvalue weighted by molar-refractivity contribution is -0.385. The summed E-state index contributed by atoms with van der Waals surface area (Å²) in [7, 11) is -2.29. The summed E-state index contributed by atoms with van der Waals surface area (Å²) in [6.45, 7) is 7.52. The van der Waals surface area contributed by atoms with E-state index in [0.717, 1.165) is 24.7 Å². The average Bonchev–Trinajstić information content (AvgIpc) is 3.38. The Morgan fingerprint density at radius 1 is 1.22 bits per heavy atom. The van der Waals surface area contributed by atoms with Crippen LogP contribution in [0.15, 0.2) is 41.3 Å². The van der Waals surface area contributed by atoms with Crippen molar-refractivity contribution in [3.8, 4) is 0 Å². The van der Waals surface area contributed by atoms with Crippen molar-refractivity contribution in [2.24, 2.45) is 0 Å². The van der Waals surface area contributed by atoms with Crippen LogP contribution in [0.1, 0.15) is 45.4 Å². The predicted molar refractivity (Wildman–Crippen MR) is 153 cm³/mol. The number of carbonyl (C=O) groups excluding carboxylic acids is 2. The first kappa shape index (κ1) is 29.6. The molecule has 0 fully saturated rings. The molecule has 0 unspecified atom stereocenters. The number of nitrogens with one attached hydrogen (secondary N) is 3. The van der Waals surface area contributed by atoms with E-state index in [-0.39, 0.29) is 16.4 Å². The second-order valence-corrected chi connectivity index (χ2v) is 11.8. The molecule has 1 aromatic heterocycles. The maximum atomic E-state index is 14.4. The van der Waals surface area contributed by atoms with Gasteiger partial charge in [-0.05, 0) is 63.3 Å². The smallest absolute Gasteiger partial charge is 0.276 e. The topological polar surface area (TPSA) is 155 Å². The van der Waals surface area contributed by atoms with Gasteiger partial charge in [0.15, 0.2) is 9.84 Å². The van der Waals surface area contributed by atoms with Gasteiger partial charge < -0.3 is 20.5 Å². The zero-order chi connectivity index (χ0) is 30.1. The second-order valence-electron chi connectivity index (χ2n) is 9.79. The third kappa shape index (κ3) is 6.05. The lowest BCUT2D eigenvalue weighted by Gasteiger charge is -2.14. The van der Waals surface area contributed by atoms with E-state index in [1.54, 1.807) is 19.9 Å². The van der Waals surface area contributed by atoms with Crippen LogP contribution in [0.2, 0.25) is 0 Å². The SMILES string of the molecule is CCN(C)CCNC(=O)c1c(C)[nH]c(/C=C2\C(=O)Nc3ccc(S(=O)(=O)Cc4c(F)cccc4[N+](=O)[O-])cc32)c1C. The lowest BCUT2D eigenvalue weighted by Crippen LogP contribution is -2.33. The Morgan fingerprint density at radius 2 is 1.95 bits per heavy atom. The molecule has 0 saturated carbocycles. The average molecular weight is 584 g/mol. The van der Waals surface area contributed by atoms with E-state index in [1.807, 2.05) is 14.0 Å². The van der Waals surface area contributed by atoms with Crippen LogP contribution in [0, 0.1) is 29.8 Å². The number of hydrogen-bond donors (Lipinski definition) is 3. The van der Waals surface area contributed by atoms with Gasteiger partial charge in [-0.15, -0.1) is 0 Å². The number of anilines is 1. The molecule has 13 heteroatoms. The first-order valence-electron chi connectivity index (χ1n) is 12.8. The number of aromatic amines is 1. The normalized spacial score (nSPS) is 13.9. The third-order valence-electron chi connectivity index (χ3n) is 7.07. The van der Waals surface area contributed by atoms with Crippen molar-refractivity contribution in [2.75, 3.05) is 32.0 Å². The van der Waals surface area contributed by atoms with Gasteiger partial charge in [0, 0.05) is 41.8 Å². The van der Waals surface area contributed by atoms with Crippen LogP contribution in [0.5, 0.6) is 0 Å². The minimum absolute atomic E-state index is 0.162. The molecule has 3 N–H and O–H groups in total. The van der Waals surface area contributed by atoms with Gasteiger partial charge in [0.25, 0.3) is 17.5 Å². The minimum Gasteiger partial charge on any atom is -0.358 e. The molecule has 11 nitrogen and oxygen atoms in total. The number of sulfone groups is 1. The Bertz CT molecular complexity index is 1700. The number of carbonyl (C=O) groups is 2. The highest BCUT2D eigenvalue weighted by Gasteiger charge is 2.30. The maximum absolute atomic E-state index is 14.4. The van der Waals surface area contributed by atoms with Crippen molar-refractivity contribution in [1.29, 1.82) is 0 Å². The molecule has 2 amide bonds. The number of hydrogen-bond acceptors (Lipinski definition) is 7. The van der Waals surface area contributed by atoms with Gasteiger partial charge in [-0.3, -0.25) is 19.7 Å². The molecule has 0 atom stereocenters. The van der Waals surface area contributed by atoms with Crippen molar-refractivity contribution < 1.29 is 27.3 Å². The summed E-state index contributed by atoms with van der Waals surface area (Å²) >= 11 is 0. The molecular formula is C28H30FN5O6S. The number of halogens is 1. The summed E-state index contributed by atoms with van der Waals surface area (Å²) < 4.78 is 40.9. The number of nitrogens with zero attached hydrogens (tertiary/aromatic N) is 2. The van der Waals surface area contributed by atoms with E-state index in [4.69, 9.17) is 0 Å². The van der Waals surface area contributed by atoms with Crippen LogP contribution >= 0.6 is 0 Å². The fraction of sp³-hybridized carbons (Fsp3) is 0.286. The summed E-state index contributed by atoms with van der Waals surface area (Å²) in [5, 5.41) is 16.9. The van der Waals surface area contributed by atoms with Gasteiger partial charge in [0.2, 0.25) is 0 Å². The summed E-state index contributed by atoms with van der Waals surface area (Å²) in [6.07, 6.45) is 1.54. The molecule has 1 aliphatic heterocycles. The largest absolute Gasteiger partial charge is 0.358 e. The van der Waals surface area contributed by atoms with Crippen molar-refractivity contribution in [2.45, 2.75) is 31.4 Å². The number of benzene rings is 2. The molecule has 41 heavy (non-hydrogen) atoms. The Hall–Kier alpha value is -4.36. The number of H-pyrrole nitrogens is 1. The number of rotatable bonds is 10. The summed E-state index contributed by atoms with van der Waals surface area (Å²) in [5.41, 5.74) is 1.83.